The third-order valence-electron chi connectivity index (χ3n) is 2.60. The SMILES string of the molecule is COC(=O)CCCNc1c(C)nn(C)c1C. The molecule has 1 aromatic rings. The molecule has 5 heteroatoms. The molecule has 0 aliphatic carbocycles. The summed E-state index contributed by atoms with van der Waals surface area (Å²) in [5.74, 6) is -0.165. The summed E-state index contributed by atoms with van der Waals surface area (Å²) in [5, 5.41) is 7.59. The second kappa shape index (κ2) is 5.53. The second-order valence-electron chi connectivity index (χ2n) is 3.78. The molecule has 1 heterocycles. The summed E-state index contributed by atoms with van der Waals surface area (Å²) in [6, 6.07) is 0. The van der Waals surface area contributed by atoms with Gasteiger partial charge in [-0.15, -0.1) is 0 Å². The predicted octanol–water partition coefficient (Wildman–Crippen LogP) is 1.40. The molecule has 0 spiro atoms. The topological polar surface area (TPSA) is 56.1 Å². The van der Waals surface area contributed by atoms with Gasteiger partial charge in [-0.25, -0.2) is 0 Å². The van der Waals surface area contributed by atoms with Gasteiger partial charge in [-0.05, 0) is 20.3 Å². The first-order valence-corrected chi connectivity index (χ1v) is 5.37. The molecule has 1 N–H and O–H groups in total. The third-order valence-corrected chi connectivity index (χ3v) is 2.60. The molecule has 0 aliphatic heterocycles. The number of carbonyl (C=O) groups is 1. The van der Waals surface area contributed by atoms with Crippen LogP contribution in [-0.4, -0.2) is 29.4 Å². The minimum Gasteiger partial charge on any atom is -0.469 e. The Morgan fingerprint density at radius 2 is 2.19 bits per heavy atom. The van der Waals surface area contributed by atoms with Crippen LogP contribution in [0, 0.1) is 13.8 Å². The maximum Gasteiger partial charge on any atom is 0.305 e. The minimum atomic E-state index is -0.165. The summed E-state index contributed by atoms with van der Waals surface area (Å²) < 4.78 is 6.42. The van der Waals surface area contributed by atoms with E-state index in [1.807, 2.05) is 25.6 Å². The molecule has 0 saturated heterocycles. The Balaban J connectivity index is 2.40. The summed E-state index contributed by atoms with van der Waals surface area (Å²) in [5.41, 5.74) is 3.15. The summed E-state index contributed by atoms with van der Waals surface area (Å²) in [7, 11) is 3.33. The number of aryl methyl sites for hydroxylation is 2. The number of nitrogens with zero attached hydrogens (tertiary/aromatic N) is 2. The Hall–Kier alpha value is -1.52. The summed E-state index contributed by atoms with van der Waals surface area (Å²) in [6.07, 6.45) is 1.21. The Kier molecular flexibility index (Phi) is 4.34. The highest BCUT2D eigenvalue weighted by Crippen LogP contribution is 2.18. The zero-order valence-corrected chi connectivity index (χ0v) is 10.3. The van der Waals surface area contributed by atoms with Crippen LogP contribution in [0.2, 0.25) is 0 Å². The van der Waals surface area contributed by atoms with E-state index in [9.17, 15) is 4.79 Å². The van der Waals surface area contributed by atoms with Crippen LogP contribution in [0.4, 0.5) is 5.69 Å². The van der Waals surface area contributed by atoms with Gasteiger partial charge in [0.25, 0.3) is 0 Å². The number of nitrogens with one attached hydrogen (secondary N) is 1. The first-order valence-electron chi connectivity index (χ1n) is 5.37. The Labute approximate surface area is 95.8 Å². The van der Waals surface area contributed by atoms with Gasteiger partial charge in [-0.2, -0.15) is 5.10 Å². The lowest BCUT2D eigenvalue weighted by Crippen LogP contribution is -2.07. The second-order valence-corrected chi connectivity index (χ2v) is 3.78. The smallest absolute Gasteiger partial charge is 0.305 e. The van der Waals surface area contributed by atoms with Crippen LogP contribution in [0.1, 0.15) is 24.2 Å². The molecule has 90 valence electrons. The number of anilines is 1. The maximum atomic E-state index is 10.9. The molecule has 1 rings (SSSR count). The molecule has 16 heavy (non-hydrogen) atoms. The molecule has 0 amide bonds. The fraction of sp³-hybridized carbons (Fsp3) is 0.636. The van der Waals surface area contributed by atoms with Gasteiger partial charge >= 0.3 is 5.97 Å². The zero-order chi connectivity index (χ0) is 12.1. The number of rotatable bonds is 5. The van der Waals surface area contributed by atoms with Gasteiger partial charge in [0.15, 0.2) is 0 Å². The lowest BCUT2D eigenvalue weighted by molar-refractivity contribution is -0.140. The van der Waals surface area contributed by atoms with Gasteiger partial charge in [0.05, 0.1) is 24.2 Å². The van der Waals surface area contributed by atoms with Crippen LogP contribution in [0.5, 0.6) is 0 Å². The lowest BCUT2D eigenvalue weighted by atomic mass is 10.2. The van der Waals surface area contributed by atoms with Crippen LogP contribution in [0.3, 0.4) is 0 Å². The van der Waals surface area contributed by atoms with E-state index in [1.54, 1.807) is 0 Å². The van der Waals surface area contributed by atoms with E-state index in [0.29, 0.717) is 6.42 Å². The van der Waals surface area contributed by atoms with Crippen LogP contribution < -0.4 is 5.32 Å². The number of hydrogen-bond donors (Lipinski definition) is 1. The number of methoxy groups -OCH3 is 1. The van der Waals surface area contributed by atoms with Crippen LogP contribution >= 0.6 is 0 Å². The van der Waals surface area contributed by atoms with Crippen LogP contribution in [0.25, 0.3) is 0 Å². The molecule has 0 aliphatic rings. The quantitative estimate of drug-likeness (QED) is 0.608. The standard InChI is InChI=1S/C11H19N3O2/c1-8-11(9(2)14(3)13-8)12-7-5-6-10(15)16-4/h12H,5-7H2,1-4H3. The van der Waals surface area contributed by atoms with Gasteiger partial charge in [-0.3, -0.25) is 9.48 Å². The summed E-state index contributed by atoms with van der Waals surface area (Å²) in [6.45, 7) is 4.74. The van der Waals surface area contributed by atoms with Crippen LogP contribution in [-0.2, 0) is 16.6 Å². The minimum absolute atomic E-state index is 0.165. The van der Waals surface area contributed by atoms with Crippen molar-refractivity contribution in [2.45, 2.75) is 26.7 Å². The molecule has 0 fully saturated rings. The molecule has 1 aromatic heterocycles. The molecule has 0 aromatic carbocycles. The number of aromatic nitrogens is 2. The molecule has 0 atom stereocenters. The highest BCUT2D eigenvalue weighted by atomic mass is 16.5. The van der Waals surface area contributed by atoms with E-state index in [2.05, 4.69) is 15.2 Å². The normalized spacial score (nSPS) is 10.2. The van der Waals surface area contributed by atoms with Crippen molar-refractivity contribution < 1.29 is 9.53 Å². The number of esters is 1. The number of hydrogen-bond acceptors (Lipinski definition) is 4. The molecule has 0 radical (unpaired) electrons. The van der Waals surface area contributed by atoms with Gasteiger partial charge < -0.3 is 10.1 Å². The lowest BCUT2D eigenvalue weighted by Gasteiger charge is -2.06. The first kappa shape index (κ1) is 12.5. The molecule has 0 saturated carbocycles. The molecule has 5 nitrogen and oxygen atoms in total. The fourth-order valence-electron chi connectivity index (χ4n) is 1.58. The van der Waals surface area contributed by atoms with Crippen molar-refractivity contribution >= 4 is 11.7 Å². The van der Waals surface area contributed by atoms with Crippen molar-refractivity contribution in [3.05, 3.63) is 11.4 Å². The van der Waals surface area contributed by atoms with Gasteiger partial charge in [0, 0.05) is 20.0 Å². The fourth-order valence-corrected chi connectivity index (χ4v) is 1.58. The third kappa shape index (κ3) is 2.98. The van der Waals surface area contributed by atoms with Crippen molar-refractivity contribution in [1.82, 2.24) is 9.78 Å². The predicted molar refractivity (Wildman–Crippen MR) is 62.4 cm³/mol. The Bertz CT molecular complexity index is 372. The van der Waals surface area contributed by atoms with Crippen molar-refractivity contribution in [3.8, 4) is 0 Å². The molecular formula is C11H19N3O2. The Morgan fingerprint density at radius 1 is 1.50 bits per heavy atom. The van der Waals surface area contributed by atoms with Gasteiger partial charge in [0.1, 0.15) is 0 Å². The van der Waals surface area contributed by atoms with E-state index in [4.69, 9.17) is 0 Å². The van der Waals surface area contributed by atoms with Gasteiger partial charge in [-0.1, -0.05) is 0 Å². The van der Waals surface area contributed by atoms with E-state index in [0.717, 1.165) is 30.0 Å². The van der Waals surface area contributed by atoms with Crippen molar-refractivity contribution in [3.63, 3.8) is 0 Å². The van der Waals surface area contributed by atoms with Crippen molar-refractivity contribution in [2.75, 3.05) is 19.0 Å². The van der Waals surface area contributed by atoms with Gasteiger partial charge in [0.2, 0.25) is 0 Å². The van der Waals surface area contributed by atoms with Crippen molar-refractivity contribution in [1.29, 1.82) is 0 Å². The average molecular weight is 225 g/mol. The molecule has 0 bridgehead atoms. The van der Waals surface area contributed by atoms with E-state index >= 15 is 0 Å². The van der Waals surface area contributed by atoms with E-state index < -0.39 is 0 Å². The molecule has 0 unspecified atom stereocenters. The summed E-state index contributed by atoms with van der Waals surface area (Å²) in [4.78, 5) is 10.9. The van der Waals surface area contributed by atoms with Crippen LogP contribution in [0.15, 0.2) is 0 Å². The van der Waals surface area contributed by atoms with E-state index in [1.165, 1.54) is 7.11 Å². The first-order chi connectivity index (χ1) is 7.56. The maximum absolute atomic E-state index is 10.9. The molecular weight excluding hydrogens is 206 g/mol. The zero-order valence-electron chi connectivity index (χ0n) is 10.3. The Morgan fingerprint density at radius 3 is 2.69 bits per heavy atom. The largest absolute Gasteiger partial charge is 0.469 e. The monoisotopic (exact) mass is 225 g/mol. The average Bonchev–Trinajstić information content (AvgIpc) is 2.49. The summed E-state index contributed by atoms with van der Waals surface area (Å²) >= 11 is 0. The number of carbonyl (C=O) groups excluding carboxylic acids is 1. The van der Waals surface area contributed by atoms with E-state index in [-0.39, 0.29) is 5.97 Å². The highest BCUT2D eigenvalue weighted by Gasteiger charge is 2.08. The van der Waals surface area contributed by atoms with Crippen molar-refractivity contribution in [2.24, 2.45) is 7.05 Å². The highest BCUT2D eigenvalue weighted by molar-refractivity contribution is 5.69. The number of ether oxygens (including phenoxy) is 1.